The van der Waals surface area contributed by atoms with E-state index >= 15 is 0 Å². The standard InChI is InChI=1S/C18H24N2O2/c1-6-22-18(21)17-12(4)19(5)16-8-14-10-20(11(2)3)9-13(14)7-15(16)17/h7-8,11H,6,9-10H2,1-5H3. The predicted molar refractivity (Wildman–Crippen MR) is 88.0 cm³/mol. The average Bonchev–Trinajstić information content (AvgIpc) is 2.98. The number of esters is 1. The molecule has 2 aromatic rings. The van der Waals surface area contributed by atoms with E-state index in [2.05, 4.69) is 35.4 Å². The average molecular weight is 300 g/mol. The molecule has 0 aliphatic carbocycles. The number of ether oxygens (including phenoxy) is 1. The molecule has 1 aromatic heterocycles. The molecule has 0 fully saturated rings. The molecule has 1 aromatic carbocycles. The van der Waals surface area contributed by atoms with E-state index in [0.29, 0.717) is 18.2 Å². The van der Waals surface area contributed by atoms with Gasteiger partial charge in [0.25, 0.3) is 0 Å². The second kappa shape index (κ2) is 5.43. The fraction of sp³-hybridized carbons (Fsp3) is 0.500. The van der Waals surface area contributed by atoms with Crippen molar-refractivity contribution in [3.63, 3.8) is 0 Å². The molecular formula is C18H24N2O2. The highest BCUT2D eigenvalue weighted by molar-refractivity contribution is 6.06. The zero-order valence-electron chi connectivity index (χ0n) is 14.1. The van der Waals surface area contributed by atoms with Crippen molar-refractivity contribution in [1.82, 2.24) is 9.47 Å². The second-order valence-corrected chi connectivity index (χ2v) is 6.38. The number of carbonyl (C=O) groups excluding carboxylic acids is 1. The lowest BCUT2D eigenvalue weighted by Gasteiger charge is -2.18. The fourth-order valence-electron chi connectivity index (χ4n) is 3.31. The molecule has 0 N–H and O–H groups in total. The number of benzene rings is 1. The van der Waals surface area contributed by atoms with Gasteiger partial charge >= 0.3 is 5.97 Å². The van der Waals surface area contributed by atoms with Gasteiger partial charge in [-0.2, -0.15) is 0 Å². The molecular weight excluding hydrogens is 276 g/mol. The Kier molecular flexibility index (Phi) is 3.73. The number of carbonyl (C=O) groups is 1. The number of rotatable bonds is 3. The van der Waals surface area contributed by atoms with Crippen LogP contribution in [0.4, 0.5) is 0 Å². The summed E-state index contributed by atoms with van der Waals surface area (Å²) in [4.78, 5) is 14.8. The molecule has 0 saturated heterocycles. The van der Waals surface area contributed by atoms with Crippen molar-refractivity contribution in [3.05, 3.63) is 34.5 Å². The largest absolute Gasteiger partial charge is 0.462 e. The van der Waals surface area contributed by atoms with Crippen molar-refractivity contribution in [1.29, 1.82) is 0 Å². The van der Waals surface area contributed by atoms with Gasteiger partial charge < -0.3 is 9.30 Å². The Hall–Kier alpha value is -1.81. The van der Waals surface area contributed by atoms with Crippen molar-refractivity contribution >= 4 is 16.9 Å². The molecule has 4 nitrogen and oxygen atoms in total. The number of hydrogen-bond acceptors (Lipinski definition) is 3. The van der Waals surface area contributed by atoms with E-state index in [-0.39, 0.29) is 5.97 Å². The van der Waals surface area contributed by atoms with E-state index in [0.717, 1.165) is 29.7 Å². The van der Waals surface area contributed by atoms with Gasteiger partial charge in [0.2, 0.25) is 0 Å². The molecule has 0 unspecified atom stereocenters. The maximum atomic E-state index is 12.3. The van der Waals surface area contributed by atoms with Gasteiger partial charge in [0.15, 0.2) is 0 Å². The van der Waals surface area contributed by atoms with E-state index in [9.17, 15) is 4.79 Å². The number of aryl methyl sites for hydroxylation is 1. The maximum absolute atomic E-state index is 12.3. The molecule has 4 heteroatoms. The van der Waals surface area contributed by atoms with Crippen molar-refractivity contribution in [2.45, 2.75) is 46.8 Å². The highest BCUT2D eigenvalue weighted by atomic mass is 16.5. The fourth-order valence-corrected chi connectivity index (χ4v) is 3.31. The monoisotopic (exact) mass is 300 g/mol. The third-order valence-electron chi connectivity index (χ3n) is 4.77. The summed E-state index contributed by atoms with van der Waals surface area (Å²) < 4.78 is 7.34. The molecule has 1 aliphatic heterocycles. The minimum atomic E-state index is -0.218. The summed E-state index contributed by atoms with van der Waals surface area (Å²) >= 11 is 0. The van der Waals surface area contributed by atoms with Crippen LogP contribution in [0.15, 0.2) is 12.1 Å². The summed E-state index contributed by atoms with van der Waals surface area (Å²) in [6.45, 7) is 10.6. The Morgan fingerprint density at radius 1 is 1.27 bits per heavy atom. The van der Waals surface area contributed by atoms with E-state index in [1.54, 1.807) is 0 Å². The van der Waals surface area contributed by atoms with Crippen molar-refractivity contribution < 1.29 is 9.53 Å². The molecule has 0 bridgehead atoms. The van der Waals surface area contributed by atoms with Crippen LogP contribution in [0.1, 0.15) is 48.0 Å². The molecule has 0 spiro atoms. The van der Waals surface area contributed by atoms with E-state index in [4.69, 9.17) is 4.74 Å². The van der Waals surface area contributed by atoms with E-state index in [1.165, 1.54) is 11.1 Å². The van der Waals surface area contributed by atoms with Crippen molar-refractivity contribution in [3.8, 4) is 0 Å². The first-order valence-corrected chi connectivity index (χ1v) is 7.96. The van der Waals surface area contributed by atoms with Gasteiger partial charge in [-0.25, -0.2) is 4.79 Å². The third-order valence-corrected chi connectivity index (χ3v) is 4.77. The second-order valence-electron chi connectivity index (χ2n) is 6.38. The molecule has 0 saturated carbocycles. The number of hydrogen-bond donors (Lipinski definition) is 0. The zero-order valence-corrected chi connectivity index (χ0v) is 14.1. The Balaban J connectivity index is 2.14. The lowest BCUT2D eigenvalue weighted by molar-refractivity contribution is 0.0527. The van der Waals surface area contributed by atoms with Gasteiger partial charge in [0.1, 0.15) is 0 Å². The van der Waals surface area contributed by atoms with Crippen molar-refractivity contribution in [2.75, 3.05) is 6.61 Å². The number of aromatic nitrogens is 1. The Morgan fingerprint density at radius 3 is 2.50 bits per heavy atom. The van der Waals surface area contributed by atoms with Crippen molar-refractivity contribution in [2.24, 2.45) is 7.05 Å². The molecule has 22 heavy (non-hydrogen) atoms. The number of fused-ring (bicyclic) bond motifs is 2. The van der Waals surface area contributed by atoms with Gasteiger partial charge in [0.05, 0.1) is 12.2 Å². The van der Waals surface area contributed by atoms with Crippen LogP contribution in [-0.2, 0) is 24.9 Å². The Labute approximate surface area is 131 Å². The first kappa shape index (κ1) is 15.1. The predicted octanol–water partition coefficient (Wildman–Crippen LogP) is 3.39. The van der Waals surface area contributed by atoms with Gasteiger partial charge in [-0.15, -0.1) is 0 Å². The topological polar surface area (TPSA) is 34.5 Å². The van der Waals surface area contributed by atoms with Crippen LogP contribution in [-0.4, -0.2) is 28.1 Å². The van der Waals surface area contributed by atoms with Gasteiger partial charge in [0, 0.05) is 42.8 Å². The summed E-state index contributed by atoms with van der Waals surface area (Å²) in [5.41, 5.74) is 5.50. The van der Waals surface area contributed by atoms with E-state index in [1.807, 2.05) is 20.9 Å². The SMILES string of the molecule is CCOC(=O)c1c(C)n(C)c2cc3c(cc12)CN(C(C)C)C3. The lowest BCUT2D eigenvalue weighted by Crippen LogP contribution is -2.24. The van der Waals surface area contributed by atoms with Crippen LogP contribution in [0.25, 0.3) is 10.9 Å². The smallest absolute Gasteiger partial charge is 0.340 e. The highest BCUT2D eigenvalue weighted by Crippen LogP contribution is 2.33. The quantitative estimate of drug-likeness (QED) is 0.815. The summed E-state index contributed by atoms with van der Waals surface area (Å²) in [7, 11) is 2.02. The van der Waals surface area contributed by atoms with Crippen LogP contribution in [0.5, 0.6) is 0 Å². The Morgan fingerprint density at radius 2 is 1.91 bits per heavy atom. The molecule has 0 radical (unpaired) electrons. The molecule has 3 rings (SSSR count). The Bertz CT molecular complexity index is 743. The summed E-state index contributed by atoms with van der Waals surface area (Å²) in [6, 6.07) is 4.96. The first-order chi connectivity index (χ1) is 10.4. The van der Waals surface area contributed by atoms with Crippen LogP contribution in [0, 0.1) is 6.92 Å². The molecule has 0 atom stereocenters. The minimum Gasteiger partial charge on any atom is -0.462 e. The molecule has 0 amide bonds. The summed E-state index contributed by atoms with van der Waals surface area (Å²) in [5.74, 6) is -0.218. The van der Waals surface area contributed by atoms with Crippen LogP contribution in [0.2, 0.25) is 0 Å². The molecule has 118 valence electrons. The highest BCUT2D eigenvalue weighted by Gasteiger charge is 2.25. The lowest BCUT2D eigenvalue weighted by atomic mass is 10.0. The molecule has 2 heterocycles. The third kappa shape index (κ3) is 2.22. The van der Waals surface area contributed by atoms with Crippen LogP contribution >= 0.6 is 0 Å². The van der Waals surface area contributed by atoms with Gasteiger partial charge in [-0.1, -0.05) is 0 Å². The van der Waals surface area contributed by atoms with Crippen LogP contribution < -0.4 is 0 Å². The minimum absolute atomic E-state index is 0.218. The zero-order chi connectivity index (χ0) is 16.0. The molecule has 1 aliphatic rings. The maximum Gasteiger partial charge on any atom is 0.340 e. The van der Waals surface area contributed by atoms with E-state index < -0.39 is 0 Å². The summed E-state index contributed by atoms with van der Waals surface area (Å²) in [5, 5.41) is 1.02. The van der Waals surface area contributed by atoms with Crippen LogP contribution in [0.3, 0.4) is 0 Å². The normalized spacial score (nSPS) is 14.8. The van der Waals surface area contributed by atoms with Gasteiger partial charge in [-0.3, -0.25) is 4.90 Å². The van der Waals surface area contributed by atoms with Gasteiger partial charge in [-0.05, 0) is 51.0 Å². The number of nitrogens with zero attached hydrogens (tertiary/aromatic N) is 2. The summed E-state index contributed by atoms with van der Waals surface area (Å²) in [6.07, 6.45) is 0. The first-order valence-electron chi connectivity index (χ1n) is 7.96.